The van der Waals surface area contributed by atoms with Crippen LogP contribution >= 0.6 is 31.9 Å². The van der Waals surface area contributed by atoms with Crippen LogP contribution in [-0.4, -0.2) is 10.1 Å². The number of pyridine rings is 1. The SMILES string of the molecule is OC(c1cncc(F)c1)c1cc(Br)cc(Br)c1. The van der Waals surface area contributed by atoms with Crippen molar-refractivity contribution in [3.05, 3.63) is 62.5 Å². The summed E-state index contributed by atoms with van der Waals surface area (Å²) < 4.78 is 14.7. The third kappa shape index (κ3) is 3.12. The monoisotopic (exact) mass is 359 g/mol. The van der Waals surface area contributed by atoms with Gasteiger partial charge in [0.1, 0.15) is 11.9 Å². The second kappa shape index (κ2) is 5.25. The zero-order valence-corrected chi connectivity index (χ0v) is 11.7. The van der Waals surface area contributed by atoms with Crippen molar-refractivity contribution in [3.63, 3.8) is 0 Å². The van der Waals surface area contributed by atoms with E-state index in [1.165, 1.54) is 12.3 Å². The molecule has 0 saturated carbocycles. The maximum atomic E-state index is 13.0. The topological polar surface area (TPSA) is 33.1 Å². The van der Waals surface area contributed by atoms with Crippen LogP contribution in [0, 0.1) is 5.82 Å². The van der Waals surface area contributed by atoms with Crippen LogP contribution in [0.15, 0.2) is 45.6 Å². The van der Waals surface area contributed by atoms with Gasteiger partial charge < -0.3 is 5.11 Å². The van der Waals surface area contributed by atoms with Gasteiger partial charge >= 0.3 is 0 Å². The largest absolute Gasteiger partial charge is 0.384 e. The summed E-state index contributed by atoms with van der Waals surface area (Å²) in [5, 5.41) is 10.1. The molecule has 1 heterocycles. The van der Waals surface area contributed by atoms with Gasteiger partial charge in [-0.1, -0.05) is 31.9 Å². The lowest BCUT2D eigenvalue weighted by atomic mass is 10.0. The zero-order valence-electron chi connectivity index (χ0n) is 8.57. The Hall–Kier alpha value is -0.780. The number of rotatable bonds is 2. The lowest BCUT2D eigenvalue weighted by molar-refractivity contribution is 0.219. The molecule has 0 spiro atoms. The third-order valence-electron chi connectivity index (χ3n) is 2.24. The van der Waals surface area contributed by atoms with E-state index in [-0.39, 0.29) is 0 Å². The summed E-state index contributed by atoms with van der Waals surface area (Å²) in [5.74, 6) is -0.462. The Morgan fingerprint density at radius 1 is 1.00 bits per heavy atom. The van der Waals surface area contributed by atoms with Gasteiger partial charge in [-0.15, -0.1) is 0 Å². The van der Waals surface area contributed by atoms with Gasteiger partial charge in [-0.2, -0.15) is 0 Å². The number of halogens is 3. The second-order valence-electron chi connectivity index (χ2n) is 3.54. The normalized spacial score (nSPS) is 12.5. The Bertz CT molecular complexity index is 528. The van der Waals surface area contributed by atoms with E-state index in [0.717, 1.165) is 15.1 Å². The van der Waals surface area contributed by atoms with Crippen molar-refractivity contribution in [3.8, 4) is 0 Å². The minimum absolute atomic E-state index is 0.426. The fraction of sp³-hybridized carbons (Fsp3) is 0.0833. The summed E-state index contributed by atoms with van der Waals surface area (Å²) in [5.41, 5.74) is 1.09. The van der Waals surface area contributed by atoms with E-state index in [1.54, 1.807) is 12.1 Å². The number of benzene rings is 1. The number of nitrogens with zero attached hydrogens (tertiary/aromatic N) is 1. The first-order valence-electron chi connectivity index (χ1n) is 4.81. The van der Waals surface area contributed by atoms with E-state index in [0.29, 0.717) is 11.1 Å². The zero-order chi connectivity index (χ0) is 12.4. The number of hydrogen-bond acceptors (Lipinski definition) is 2. The van der Waals surface area contributed by atoms with E-state index in [4.69, 9.17) is 0 Å². The summed E-state index contributed by atoms with van der Waals surface area (Å²) in [6.07, 6.45) is 1.65. The molecule has 88 valence electrons. The van der Waals surface area contributed by atoms with Crippen LogP contribution in [0.4, 0.5) is 4.39 Å². The third-order valence-corrected chi connectivity index (χ3v) is 3.16. The standard InChI is InChI=1S/C12H8Br2FNO/c13-9-1-7(2-10(14)4-9)12(17)8-3-11(15)6-16-5-8/h1-6,12,17H. The van der Waals surface area contributed by atoms with Gasteiger partial charge in [-0.25, -0.2) is 4.39 Å². The highest BCUT2D eigenvalue weighted by Crippen LogP contribution is 2.27. The quantitative estimate of drug-likeness (QED) is 0.882. The second-order valence-corrected chi connectivity index (χ2v) is 5.37. The van der Waals surface area contributed by atoms with Crippen LogP contribution in [0.2, 0.25) is 0 Å². The fourth-order valence-electron chi connectivity index (χ4n) is 1.50. The smallest absolute Gasteiger partial charge is 0.141 e. The number of aliphatic hydroxyl groups excluding tert-OH is 1. The Balaban J connectivity index is 2.39. The van der Waals surface area contributed by atoms with Crippen molar-refractivity contribution in [2.75, 3.05) is 0 Å². The van der Waals surface area contributed by atoms with E-state index >= 15 is 0 Å². The van der Waals surface area contributed by atoms with Crippen LogP contribution < -0.4 is 0 Å². The predicted molar refractivity (Wildman–Crippen MR) is 70.1 cm³/mol. The number of hydrogen-bond donors (Lipinski definition) is 1. The average molecular weight is 361 g/mol. The van der Waals surface area contributed by atoms with Crippen molar-refractivity contribution >= 4 is 31.9 Å². The van der Waals surface area contributed by atoms with Crippen LogP contribution in [0.3, 0.4) is 0 Å². The molecule has 1 aromatic heterocycles. The summed E-state index contributed by atoms with van der Waals surface area (Å²) in [6.45, 7) is 0. The molecule has 1 aromatic carbocycles. The van der Waals surface area contributed by atoms with E-state index in [1.807, 2.05) is 6.07 Å². The summed E-state index contributed by atoms with van der Waals surface area (Å²) in [6, 6.07) is 6.69. The van der Waals surface area contributed by atoms with Crippen molar-refractivity contribution in [2.24, 2.45) is 0 Å². The van der Waals surface area contributed by atoms with Crippen LogP contribution in [0.25, 0.3) is 0 Å². The molecule has 2 aromatic rings. The van der Waals surface area contributed by atoms with Gasteiger partial charge in [0.2, 0.25) is 0 Å². The van der Waals surface area contributed by atoms with E-state index < -0.39 is 11.9 Å². The van der Waals surface area contributed by atoms with Gasteiger partial charge in [0.15, 0.2) is 0 Å². The average Bonchev–Trinajstić information content (AvgIpc) is 2.26. The molecule has 0 saturated heterocycles. The lowest BCUT2D eigenvalue weighted by Crippen LogP contribution is -2.01. The summed E-state index contributed by atoms with van der Waals surface area (Å²) >= 11 is 6.67. The van der Waals surface area contributed by atoms with Crippen molar-refractivity contribution in [1.82, 2.24) is 4.98 Å². The molecule has 1 N–H and O–H groups in total. The highest BCUT2D eigenvalue weighted by molar-refractivity contribution is 9.11. The lowest BCUT2D eigenvalue weighted by Gasteiger charge is -2.12. The molecule has 0 aliphatic heterocycles. The van der Waals surface area contributed by atoms with Gasteiger partial charge in [0.25, 0.3) is 0 Å². The van der Waals surface area contributed by atoms with Gasteiger partial charge in [-0.05, 0) is 29.8 Å². The molecule has 2 nitrogen and oxygen atoms in total. The van der Waals surface area contributed by atoms with Gasteiger partial charge in [0, 0.05) is 20.7 Å². The maximum Gasteiger partial charge on any atom is 0.141 e. The molecule has 2 rings (SSSR count). The molecule has 5 heteroatoms. The van der Waals surface area contributed by atoms with Gasteiger partial charge in [-0.3, -0.25) is 4.98 Å². The Labute approximate surface area is 115 Å². The number of aliphatic hydroxyl groups is 1. The van der Waals surface area contributed by atoms with Crippen molar-refractivity contribution in [1.29, 1.82) is 0 Å². The Kier molecular flexibility index (Phi) is 3.91. The van der Waals surface area contributed by atoms with Crippen LogP contribution in [-0.2, 0) is 0 Å². The molecule has 0 fully saturated rings. The van der Waals surface area contributed by atoms with E-state index in [9.17, 15) is 9.50 Å². The van der Waals surface area contributed by atoms with Gasteiger partial charge in [0.05, 0.1) is 6.20 Å². The van der Waals surface area contributed by atoms with Crippen LogP contribution in [0.5, 0.6) is 0 Å². The van der Waals surface area contributed by atoms with Crippen LogP contribution in [0.1, 0.15) is 17.2 Å². The fourth-order valence-corrected chi connectivity index (χ4v) is 2.83. The molecule has 0 radical (unpaired) electrons. The molecule has 0 aliphatic carbocycles. The Morgan fingerprint density at radius 3 is 2.24 bits per heavy atom. The first-order valence-corrected chi connectivity index (χ1v) is 6.39. The highest BCUT2D eigenvalue weighted by Gasteiger charge is 2.12. The number of aromatic nitrogens is 1. The molecule has 0 amide bonds. The summed E-state index contributed by atoms with van der Waals surface area (Å²) in [4.78, 5) is 3.72. The molecular formula is C12H8Br2FNO. The Morgan fingerprint density at radius 2 is 1.65 bits per heavy atom. The molecule has 17 heavy (non-hydrogen) atoms. The first kappa shape index (κ1) is 12.7. The van der Waals surface area contributed by atoms with E-state index in [2.05, 4.69) is 36.8 Å². The molecule has 0 bridgehead atoms. The van der Waals surface area contributed by atoms with Crippen molar-refractivity contribution < 1.29 is 9.50 Å². The highest BCUT2D eigenvalue weighted by atomic mass is 79.9. The minimum Gasteiger partial charge on any atom is -0.384 e. The molecule has 0 aliphatic rings. The molecule has 1 atom stereocenters. The molecule has 1 unspecified atom stereocenters. The minimum atomic E-state index is -0.896. The first-order chi connectivity index (χ1) is 8.06. The summed E-state index contributed by atoms with van der Waals surface area (Å²) in [7, 11) is 0. The maximum absolute atomic E-state index is 13.0. The molecular weight excluding hydrogens is 353 g/mol. The van der Waals surface area contributed by atoms with Crippen molar-refractivity contribution in [2.45, 2.75) is 6.10 Å². The predicted octanol–water partition coefficient (Wildman–Crippen LogP) is 3.83.